The molecular weight excluding hydrogens is 448 g/mol. The number of methoxy groups -OCH3 is 2. The van der Waals surface area contributed by atoms with Crippen LogP contribution in [0, 0.1) is 0 Å². The number of carbonyl (C=O) groups is 1. The lowest BCUT2D eigenvalue weighted by atomic mass is 10.1. The fourth-order valence-electron chi connectivity index (χ4n) is 3.69. The van der Waals surface area contributed by atoms with E-state index in [0.29, 0.717) is 24.5 Å². The number of amides is 1. The molecule has 8 heteroatoms. The molecule has 1 amide bonds. The van der Waals surface area contributed by atoms with Crippen LogP contribution in [-0.2, 0) is 17.0 Å². The summed E-state index contributed by atoms with van der Waals surface area (Å²) in [6.45, 7) is 0.544. The van der Waals surface area contributed by atoms with Gasteiger partial charge in [0.15, 0.2) is 0 Å². The minimum Gasteiger partial charge on any atom is -0.497 e. The molecule has 2 aromatic carbocycles. The average Bonchev–Trinajstić information content (AvgIpc) is 3.54. The number of hydrogen-bond donors (Lipinski definition) is 1. The summed E-state index contributed by atoms with van der Waals surface area (Å²) in [5.74, 6) is 3.56. The van der Waals surface area contributed by atoms with Crippen molar-refractivity contribution in [2.24, 2.45) is 0 Å². The second-order valence-electron chi connectivity index (χ2n) is 7.60. The predicted molar refractivity (Wildman–Crippen MR) is 135 cm³/mol. The Labute approximate surface area is 203 Å². The zero-order valence-electron chi connectivity index (χ0n) is 19.3. The Morgan fingerprint density at radius 3 is 2.53 bits per heavy atom. The number of rotatable bonds is 11. The summed E-state index contributed by atoms with van der Waals surface area (Å²) in [7, 11) is 3.26. The van der Waals surface area contributed by atoms with E-state index in [-0.39, 0.29) is 5.91 Å². The smallest absolute Gasteiger partial charge is 0.230 e. The van der Waals surface area contributed by atoms with E-state index in [4.69, 9.17) is 9.47 Å². The Hall–Kier alpha value is -3.65. The van der Waals surface area contributed by atoms with Gasteiger partial charge in [-0.2, -0.15) is 5.10 Å². The molecular formula is C26H28N4O3S. The van der Waals surface area contributed by atoms with E-state index in [1.807, 2.05) is 83.9 Å². The van der Waals surface area contributed by atoms with Crippen molar-refractivity contribution in [1.82, 2.24) is 19.7 Å². The number of aromatic nitrogens is 3. The third kappa shape index (κ3) is 5.63. The van der Waals surface area contributed by atoms with Crippen molar-refractivity contribution in [3.05, 3.63) is 90.4 Å². The van der Waals surface area contributed by atoms with Crippen molar-refractivity contribution < 1.29 is 14.3 Å². The summed E-state index contributed by atoms with van der Waals surface area (Å²) in [6.07, 6.45) is 6.57. The van der Waals surface area contributed by atoms with E-state index >= 15 is 0 Å². The van der Waals surface area contributed by atoms with E-state index in [0.717, 1.165) is 34.1 Å². The molecule has 0 saturated carbocycles. The third-order valence-electron chi connectivity index (χ3n) is 5.37. The van der Waals surface area contributed by atoms with Crippen LogP contribution in [0.2, 0.25) is 0 Å². The second-order valence-corrected chi connectivity index (χ2v) is 8.59. The van der Waals surface area contributed by atoms with Crippen LogP contribution in [0.25, 0.3) is 11.5 Å². The highest BCUT2D eigenvalue weighted by Crippen LogP contribution is 2.25. The van der Waals surface area contributed by atoms with Gasteiger partial charge in [0, 0.05) is 36.3 Å². The fourth-order valence-corrected chi connectivity index (χ4v) is 4.50. The van der Waals surface area contributed by atoms with Crippen LogP contribution in [0.1, 0.15) is 11.1 Å². The Bertz CT molecular complexity index is 1210. The number of thioether (sulfide) groups is 1. The fraction of sp³-hybridized carbons (Fsp3) is 0.231. The lowest BCUT2D eigenvalue weighted by molar-refractivity contribution is -0.118. The zero-order chi connectivity index (χ0) is 23.8. The normalized spacial score (nSPS) is 10.8. The van der Waals surface area contributed by atoms with Crippen LogP contribution >= 0.6 is 11.8 Å². The molecule has 0 aliphatic heterocycles. The maximum atomic E-state index is 12.4. The molecule has 0 aliphatic rings. The first-order valence-corrected chi connectivity index (χ1v) is 12.2. The summed E-state index contributed by atoms with van der Waals surface area (Å²) in [6, 6.07) is 19.7. The molecule has 0 unspecified atom stereocenters. The van der Waals surface area contributed by atoms with E-state index < -0.39 is 0 Å². The van der Waals surface area contributed by atoms with Crippen molar-refractivity contribution in [2.45, 2.75) is 12.2 Å². The van der Waals surface area contributed by atoms with Gasteiger partial charge in [-0.25, -0.2) is 4.68 Å². The second kappa shape index (κ2) is 11.5. The largest absolute Gasteiger partial charge is 0.497 e. The molecule has 0 spiro atoms. The van der Waals surface area contributed by atoms with Gasteiger partial charge >= 0.3 is 0 Å². The molecule has 0 fully saturated rings. The maximum absolute atomic E-state index is 12.4. The number of hydrogen-bond acceptors (Lipinski definition) is 5. The summed E-state index contributed by atoms with van der Waals surface area (Å²) >= 11 is 1.57. The molecule has 0 atom stereocenters. The topological polar surface area (TPSA) is 70.3 Å². The summed E-state index contributed by atoms with van der Waals surface area (Å²) in [5.41, 5.74) is 3.09. The molecule has 0 radical (unpaired) electrons. The van der Waals surface area contributed by atoms with E-state index in [2.05, 4.69) is 15.0 Å². The van der Waals surface area contributed by atoms with E-state index in [1.165, 1.54) is 0 Å². The third-order valence-corrected chi connectivity index (χ3v) is 6.35. The van der Waals surface area contributed by atoms with Crippen LogP contribution in [0.4, 0.5) is 0 Å². The average molecular weight is 477 g/mol. The molecule has 0 saturated heterocycles. The molecule has 2 aromatic heterocycles. The van der Waals surface area contributed by atoms with Crippen molar-refractivity contribution in [1.29, 1.82) is 0 Å². The Morgan fingerprint density at radius 2 is 1.79 bits per heavy atom. The van der Waals surface area contributed by atoms with Gasteiger partial charge in [0.25, 0.3) is 0 Å². The van der Waals surface area contributed by atoms with E-state index in [1.54, 1.807) is 26.0 Å². The number of ether oxygens (including phenoxy) is 2. The quantitative estimate of drug-likeness (QED) is 0.350. The number of nitrogens with one attached hydrogen (secondary N) is 1. The molecule has 0 aliphatic carbocycles. The highest BCUT2D eigenvalue weighted by atomic mass is 32.2. The van der Waals surface area contributed by atoms with Gasteiger partial charge in [-0.15, -0.1) is 11.8 Å². The predicted octanol–water partition coefficient (Wildman–Crippen LogP) is 4.27. The van der Waals surface area contributed by atoms with Gasteiger partial charge < -0.3 is 19.4 Å². The Balaban J connectivity index is 1.32. The highest BCUT2D eigenvalue weighted by molar-refractivity contribution is 7.99. The Kier molecular flexibility index (Phi) is 7.93. The van der Waals surface area contributed by atoms with Gasteiger partial charge in [-0.05, 0) is 42.3 Å². The van der Waals surface area contributed by atoms with Crippen LogP contribution in [0.15, 0.2) is 79.3 Å². The number of benzene rings is 2. The number of para-hydroxylation sites is 1. The molecule has 4 rings (SSSR count). The van der Waals surface area contributed by atoms with Crippen molar-refractivity contribution in [3.8, 4) is 23.0 Å². The summed E-state index contributed by atoms with van der Waals surface area (Å²) in [5, 5.41) is 7.61. The lowest BCUT2D eigenvalue weighted by Gasteiger charge is -2.12. The molecule has 4 aromatic rings. The molecule has 1 N–H and O–H groups in total. The van der Waals surface area contributed by atoms with Gasteiger partial charge in [0.05, 0.1) is 31.9 Å². The molecule has 2 heterocycles. The van der Waals surface area contributed by atoms with Gasteiger partial charge in [0.2, 0.25) is 5.91 Å². The first-order chi connectivity index (χ1) is 16.7. The first kappa shape index (κ1) is 23.5. The number of carbonyl (C=O) groups excluding carboxylic acids is 1. The SMILES string of the molecule is COc1ccc(CCNC(=O)CSCc2cnn(-c3ccccc3)c2-n2cccc2)c(OC)c1. The summed E-state index contributed by atoms with van der Waals surface area (Å²) < 4.78 is 14.6. The first-order valence-electron chi connectivity index (χ1n) is 11.0. The number of nitrogens with zero attached hydrogens (tertiary/aromatic N) is 3. The van der Waals surface area contributed by atoms with Gasteiger partial charge in [0.1, 0.15) is 17.3 Å². The van der Waals surface area contributed by atoms with Crippen molar-refractivity contribution in [3.63, 3.8) is 0 Å². The molecule has 176 valence electrons. The van der Waals surface area contributed by atoms with Crippen molar-refractivity contribution >= 4 is 17.7 Å². The lowest BCUT2D eigenvalue weighted by Crippen LogP contribution is -2.27. The van der Waals surface area contributed by atoms with E-state index in [9.17, 15) is 4.79 Å². The van der Waals surface area contributed by atoms with Crippen LogP contribution < -0.4 is 14.8 Å². The minimum atomic E-state index is 0.00967. The van der Waals surface area contributed by atoms with Crippen molar-refractivity contribution in [2.75, 3.05) is 26.5 Å². The Morgan fingerprint density at radius 1 is 1.00 bits per heavy atom. The van der Waals surface area contributed by atoms with Crippen LogP contribution in [0.3, 0.4) is 0 Å². The zero-order valence-corrected chi connectivity index (χ0v) is 20.1. The maximum Gasteiger partial charge on any atom is 0.230 e. The summed E-state index contributed by atoms with van der Waals surface area (Å²) in [4.78, 5) is 12.4. The molecule has 34 heavy (non-hydrogen) atoms. The van der Waals surface area contributed by atoms with Crippen LogP contribution in [0.5, 0.6) is 11.5 Å². The highest BCUT2D eigenvalue weighted by Gasteiger charge is 2.14. The van der Waals surface area contributed by atoms with Crippen LogP contribution in [-0.4, -0.2) is 46.8 Å². The molecule has 7 nitrogen and oxygen atoms in total. The van der Waals surface area contributed by atoms with Gasteiger partial charge in [-0.3, -0.25) is 4.79 Å². The standard InChI is InChI=1S/C26H28N4O3S/c1-32-23-11-10-20(24(16-23)33-2)12-13-27-25(31)19-34-18-21-17-28-30(22-8-4-3-5-9-22)26(21)29-14-6-7-15-29/h3-11,14-17H,12-13,18-19H2,1-2H3,(H,27,31). The monoisotopic (exact) mass is 476 g/mol. The minimum absolute atomic E-state index is 0.00967. The molecule has 0 bridgehead atoms. The van der Waals surface area contributed by atoms with Gasteiger partial charge in [-0.1, -0.05) is 24.3 Å².